The van der Waals surface area contributed by atoms with Gasteiger partial charge in [-0.3, -0.25) is 14.4 Å². The second kappa shape index (κ2) is 9.15. The highest BCUT2D eigenvalue weighted by atomic mass is 32.2. The third-order valence-electron chi connectivity index (χ3n) is 4.36. The fourth-order valence-corrected chi connectivity index (χ4v) is 5.76. The van der Waals surface area contributed by atoms with Crippen molar-refractivity contribution >= 4 is 57.8 Å². The minimum atomic E-state index is -1.10. The molecule has 3 atom stereocenters. The van der Waals surface area contributed by atoms with E-state index in [0.717, 1.165) is 16.6 Å². The van der Waals surface area contributed by atoms with Gasteiger partial charge in [-0.15, -0.1) is 23.1 Å². The minimum absolute atomic E-state index is 0.195. The van der Waals surface area contributed by atoms with Gasteiger partial charge in [-0.2, -0.15) is 0 Å². The first kappa shape index (κ1) is 22.9. The molecule has 1 N–H and O–H groups in total. The minimum Gasteiger partial charge on any atom is -0.458 e. The van der Waals surface area contributed by atoms with Crippen molar-refractivity contribution in [1.82, 2.24) is 10.2 Å². The average molecular weight is 469 g/mol. The van der Waals surface area contributed by atoms with Gasteiger partial charge in [-0.1, -0.05) is 24.8 Å². The average Bonchev–Trinajstić information content (AvgIpc) is 3.16. The zero-order valence-electron chi connectivity index (χ0n) is 17.2. The summed E-state index contributed by atoms with van der Waals surface area (Å²) in [6.45, 7) is 7.05. The van der Waals surface area contributed by atoms with Crippen molar-refractivity contribution in [3.05, 3.63) is 33.4 Å². The Labute approximate surface area is 188 Å². The molecule has 0 aromatic carbocycles. The van der Waals surface area contributed by atoms with E-state index >= 15 is 0 Å². The molecule has 7 nitrogen and oxygen atoms in total. The van der Waals surface area contributed by atoms with E-state index in [1.807, 2.05) is 24.4 Å². The first-order valence-electron chi connectivity index (χ1n) is 9.52. The fourth-order valence-electron chi connectivity index (χ4n) is 3.16. The molecule has 10 heteroatoms. The largest absolute Gasteiger partial charge is 0.458 e. The zero-order chi connectivity index (χ0) is 22.1. The summed E-state index contributed by atoms with van der Waals surface area (Å²) < 4.78 is 5.49. The quantitative estimate of drug-likeness (QED) is 0.507. The molecule has 2 aliphatic heterocycles. The summed E-state index contributed by atoms with van der Waals surface area (Å²) in [4.78, 5) is 53.0. The Balaban J connectivity index is 1.78. The summed E-state index contributed by atoms with van der Waals surface area (Å²) in [5, 5.41) is 5.58. The molecule has 2 aliphatic rings. The van der Waals surface area contributed by atoms with Gasteiger partial charge in [0.1, 0.15) is 17.0 Å². The highest BCUT2D eigenvalue weighted by Gasteiger charge is 2.57. The molecule has 0 aliphatic carbocycles. The number of rotatable bonds is 6. The molecule has 1 fully saturated rings. The van der Waals surface area contributed by atoms with E-state index in [0.29, 0.717) is 5.75 Å². The summed E-state index contributed by atoms with van der Waals surface area (Å²) in [6.07, 6.45) is 0.195. The van der Waals surface area contributed by atoms with Crippen LogP contribution in [0.3, 0.4) is 0 Å². The lowest BCUT2D eigenvalue weighted by Crippen LogP contribution is -2.74. The van der Waals surface area contributed by atoms with Crippen LogP contribution in [-0.4, -0.2) is 56.6 Å². The molecule has 0 radical (unpaired) electrons. The van der Waals surface area contributed by atoms with Crippen molar-refractivity contribution in [1.29, 1.82) is 0 Å². The lowest BCUT2D eigenvalue weighted by Gasteiger charge is -2.51. The molecular weight excluding hydrogens is 444 g/mol. The molecule has 0 saturated carbocycles. The number of hydrogen-bond acceptors (Lipinski definition) is 8. The number of fused-ring (bicyclic) bond motifs is 1. The standard InChI is InChI=1S/C20H24N2O5S3/c1-5-28-19(26)12-10-30-17-14(21-13(23)9-11-7-6-8-29-11)16(24)22(17)15(12)18(25)27-20(2,3)4/h6-8,10,14-15,17H,5,9H2,1-4H3,(H,21,23)/t14?,15?,17-/m1/s1. The van der Waals surface area contributed by atoms with Crippen LogP contribution in [-0.2, 0) is 30.3 Å². The Bertz CT molecular complexity index is 876. The number of ether oxygens (including phenoxy) is 1. The van der Waals surface area contributed by atoms with E-state index in [1.165, 1.54) is 28.0 Å². The number of hydrogen-bond donors (Lipinski definition) is 1. The van der Waals surface area contributed by atoms with Crippen molar-refractivity contribution in [2.24, 2.45) is 0 Å². The smallest absolute Gasteiger partial charge is 0.334 e. The molecule has 1 saturated heterocycles. The summed E-state index contributed by atoms with van der Waals surface area (Å²) in [5.41, 5.74) is -0.514. The Morgan fingerprint density at radius 1 is 1.30 bits per heavy atom. The predicted molar refractivity (Wildman–Crippen MR) is 119 cm³/mol. The van der Waals surface area contributed by atoms with Gasteiger partial charge in [0.25, 0.3) is 0 Å². The second-order valence-electron chi connectivity index (χ2n) is 7.80. The Kier molecular flexibility index (Phi) is 6.98. The van der Waals surface area contributed by atoms with Crippen LogP contribution in [0.15, 0.2) is 28.5 Å². The number of thioether (sulfide) groups is 2. The number of nitrogens with zero attached hydrogens (tertiary/aromatic N) is 1. The van der Waals surface area contributed by atoms with E-state index in [2.05, 4.69) is 5.32 Å². The topological polar surface area (TPSA) is 92.8 Å². The third kappa shape index (κ3) is 4.92. The van der Waals surface area contributed by atoms with Crippen molar-refractivity contribution in [3.63, 3.8) is 0 Å². The zero-order valence-corrected chi connectivity index (χ0v) is 19.6. The number of esters is 1. The van der Waals surface area contributed by atoms with Crippen molar-refractivity contribution in [2.75, 3.05) is 5.75 Å². The van der Waals surface area contributed by atoms with Gasteiger partial charge in [0.15, 0.2) is 6.04 Å². The van der Waals surface area contributed by atoms with E-state index in [9.17, 15) is 19.2 Å². The highest BCUT2D eigenvalue weighted by molar-refractivity contribution is 8.14. The SMILES string of the molecule is CCSC(=O)C1=CS[C@@H]2C(NC(=O)Cc3cccs3)C(=O)N2C1C(=O)OC(C)(C)C. The second-order valence-corrected chi connectivity index (χ2v) is 11.1. The monoisotopic (exact) mass is 468 g/mol. The molecule has 2 amide bonds. The van der Waals surface area contributed by atoms with Gasteiger partial charge < -0.3 is 15.0 Å². The van der Waals surface area contributed by atoms with Gasteiger partial charge >= 0.3 is 5.97 Å². The molecular formula is C20H24N2O5S3. The molecule has 162 valence electrons. The maximum Gasteiger partial charge on any atom is 0.334 e. The van der Waals surface area contributed by atoms with Crippen LogP contribution in [0.1, 0.15) is 32.6 Å². The molecule has 1 aromatic heterocycles. The lowest BCUT2D eigenvalue weighted by molar-refractivity contribution is -0.170. The van der Waals surface area contributed by atoms with Crippen LogP contribution in [0.5, 0.6) is 0 Å². The van der Waals surface area contributed by atoms with Crippen LogP contribution < -0.4 is 5.32 Å². The highest BCUT2D eigenvalue weighted by Crippen LogP contribution is 2.41. The summed E-state index contributed by atoms with van der Waals surface area (Å²) in [6, 6.07) is 1.89. The van der Waals surface area contributed by atoms with Gasteiger partial charge in [-0.25, -0.2) is 4.79 Å². The molecule has 0 bridgehead atoms. The van der Waals surface area contributed by atoms with Crippen LogP contribution in [0.2, 0.25) is 0 Å². The van der Waals surface area contributed by atoms with E-state index in [1.54, 1.807) is 26.2 Å². The Morgan fingerprint density at radius 2 is 2.03 bits per heavy atom. The Morgan fingerprint density at radius 3 is 2.63 bits per heavy atom. The van der Waals surface area contributed by atoms with Crippen molar-refractivity contribution in [3.8, 4) is 0 Å². The van der Waals surface area contributed by atoms with E-state index in [4.69, 9.17) is 4.74 Å². The Hall–Kier alpha value is -1.78. The normalized spacial score (nSPS) is 23.2. The van der Waals surface area contributed by atoms with Gasteiger partial charge in [0.05, 0.1) is 6.42 Å². The van der Waals surface area contributed by atoms with Crippen molar-refractivity contribution < 1.29 is 23.9 Å². The van der Waals surface area contributed by atoms with Crippen LogP contribution in [0.25, 0.3) is 0 Å². The summed E-state index contributed by atoms with van der Waals surface area (Å²) in [5.74, 6) is -0.721. The fraction of sp³-hybridized carbons (Fsp3) is 0.500. The first-order chi connectivity index (χ1) is 14.1. The summed E-state index contributed by atoms with van der Waals surface area (Å²) >= 11 is 3.82. The number of β-lactam (4-membered cyclic amide) rings is 1. The van der Waals surface area contributed by atoms with Gasteiger partial charge in [-0.05, 0) is 43.4 Å². The maximum atomic E-state index is 12.9. The summed E-state index contributed by atoms with van der Waals surface area (Å²) in [7, 11) is 0. The van der Waals surface area contributed by atoms with Crippen LogP contribution in [0, 0.1) is 0 Å². The molecule has 1 aromatic rings. The molecule has 2 unspecified atom stereocenters. The van der Waals surface area contributed by atoms with E-state index < -0.39 is 29.0 Å². The molecule has 0 spiro atoms. The lowest BCUT2D eigenvalue weighted by atomic mass is 9.98. The first-order valence-corrected chi connectivity index (χ1v) is 12.3. The van der Waals surface area contributed by atoms with Gasteiger partial charge in [0.2, 0.25) is 16.9 Å². The molecule has 3 rings (SSSR count). The van der Waals surface area contributed by atoms with E-state index in [-0.39, 0.29) is 28.9 Å². The predicted octanol–water partition coefficient (Wildman–Crippen LogP) is 2.56. The molecule has 3 heterocycles. The van der Waals surface area contributed by atoms with Crippen LogP contribution in [0.4, 0.5) is 0 Å². The molecule has 30 heavy (non-hydrogen) atoms. The maximum absolute atomic E-state index is 12.9. The third-order valence-corrected chi connectivity index (χ3v) is 7.19. The number of amides is 2. The van der Waals surface area contributed by atoms with Crippen molar-refractivity contribution in [2.45, 2.75) is 57.2 Å². The number of carbonyl (C=O) groups is 4. The van der Waals surface area contributed by atoms with Gasteiger partial charge in [0, 0.05) is 10.5 Å². The number of thiophene rings is 1. The number of nitrogens with one attached hydrogen (secondary N) is 1. The number of carbonyl (C=O) groups excluding carboxylic acids is 4. The van der Waals surface area contributed by atoms with Crippen LogP contribution >= 0.6 is 34.9 Å².